The molecule has 0 aliphatic carbocycles. The van der Waals surface area contributed by atoms with E-state index in [1.807, 2.05) is 110 Å². The molecule has 19 nitrogen and oxygen atoms in total. The molecule has 6 rings (SSSR count). The minimum absolute atomic E-state index is 0.00164. The number of ketones is 2. The van der Waals surface area contributed by atoms with E-state index in [4.69, 9.17) is 9.47 Å². The Balaban J connectivity index is 0.000000352. The smallest absolute Gasteiger partial charge is 0.306 e. The lowest BCUT2D eigenvalue weighted by Gasteiger charge is -2.37. The number of esters is 1. The van der Waals surface area contributed by atoms with Crippen molar-refractivity contribution in [2.75, 3.05) is 48.4 Å². The summed E-state index contributed by atoms with van der Waals surface area (Å²) in [5, 5.41) is 20.1. The van der Waals surface area contributed by atoms with Crippen molar-refractivity contribution in [3.05, 3.63) is 103 Å². The predicted octanol–water partition coefficient (Wildman–Crippen LogP) is 12.7. The number of carboxylic acids is 1. The summed E-state index contributed by atoms with van der Waals surface area (Å²) in [5.41, 5.74) is 3.76. The summed E-state index contributed by atoms with van der Waals surface area (Å²) in [6, 6.07) is 16.7. The van der Waals surface area contributed by atoms with Gasteiger partial charge in [0.05, 0.1) is 18.0 Å². The first-order valence-corrected chi connectivity index (χ1v) is 36.8. The molecule has 21 heteroatoms. The van der Waals surface area contributed by atoms with Gasteiger partial charge in [-0.25, -0.2) is 9.97 Å². The molecule has 532 valence electrons. The topological polar surface area (TPSA) is 238 Å². The molecule has 2 saturated heterocycles. The van der Waals surface area contributed by atoms with Crippen LogP contribution >= 0.6 is 22.7 Å². The lowest BCUT2D eigenvalue weighted by atomic mass is 9.83. The SMILES string of the molecule is CC[C@H](C)[C@H](CC(=O)[C@H]1CCCCN1C)C(=O)N(C)[C@H](C[C@@H](OC(C)=O)c1nc(C(=O)N[C@@H](Cc2ccc(C)cc2)CC(C)C(=O)O)cs1)C(C)C.CC[C@H](C)[C@H](CC(=O)[C@H]1CCCCN1C)C(=O)N(C)[C@H](C[C@@H](OC)c1nc(C(=O)N[C@H](C)Cc2ccccc2)cs1)C(C)C. The van der Waals surface area contributed by atoms with Gasteiger partial charge in [-0.2, -0.15) is 0 Å². The van der Waals surface area contributed by atoms with Gasteiger partial charge < -0.3 is 35.0 Å². The number of piperidine rings is 2. The fourth-order valence-corrected chi connectivity index (χ4v) is 15.2. The van der Waals surface area contributed by atoms with E-state index in [-0.39, 0.29) is 127 Å². The third kappa shape index (κ3) is 24.0. The Morgan fingerprint density at radius 2 is 1.07 bits per heavy atom. The summed E-state index contributed by atoms with van der Waals surface area (Å²) in [7, 11) is 9.27. The molecular formula is C75H114N8O11S2. The number of likely N-dealkylation sites (N-methyl/N-ethyl adjacent to an activating group) is 2. The van der Waals surface area contributed by atoms with E-state index in [2.05, 4.69) is 70.2 Å². The zero-order valence-corrected chi connectivity index (χ0v) is 62.2. The number of hydrogen-bond donors (Lipinski definition) is 3. The van der Waals surface area contributed by atoms with E-state index in [1.165, 1.54) is 35.2 Å². The van der Waals surface area contributed by atoms with E-state index in [0.29, 0.717) is 28.6 Å². The van der Waals surface area contributed by atoms with Crippen LogP contribution in [0.3, 0.4) is 0 Å². The molecule has 2 aromatic carbocycles. The Morgan fingerprint density at radius 1 is 0.625 bits per heavy atom. The van der Waals surface area contributed by atoms with E-state index in [1.54, 1.807) is 36.7 Å². The van der Waals surface area contributed by atoms with Crippen molar-refractivity contribution >= 4 is 69.8 Å². The van der Waals surface area contributed by atoms with Gasteiger partial charge in [-0.1, -0.05) is 148 Å². The number of hydrogen-bond acceptors (Lipinski definition) is 16. The van der Waals surface area contributed by atoms with Gasteiger partial charge >= 0.3 is 11.9 Å². The maximum Gasteiger partial charge on any atom is 0.306 e. The molecule has 0 spiro atoms. The number of carboxylic acid groups (broad SMARTS) is 1. The minimum Gasteiger partial charge on any atom is -0.481 e. The Morgan fingerprint density at radius 3 is 1.50 bits per heavy atom. The zero-order chi connectivity index (χ0) is 71.1. The van der Waals surface area contributed by atoms with Crippen LogP contribution in [-0.2, 0) is 51.1 Å². The van der Waals surface area contributed by atoms with Crippen LogP contribution in [0, 0.1) is 48.3 Å². The van der Waals surface area contributed by atoms with Gasteiger partial charge in [-0.3, -0.25) is 48.2 Å². The summed E-state index contributed by atoms with van der Waals surface area (Å²) in [5.74, 6) is -3.17. The number of aryl methyl sites for hydroxylation is 1. The number of carbonyl (C=O) groups is 8. The molecular weight excluding hydrogens is 1250 g/mol. The molecule has 1 unspecified atom stereocenters. The summed E-state index contributed by atoms with van der Waals surface area (Å²) >= 11 is 2.60. The van der Waals surface area contributed by atoms with Gasteiger partial charge in [0.15, 0.2) is 17.7 Å². The van der Waals surface area contributed by atoms with Crippen molar-refractivity contribution < 1.29 is 52.9 Å². The first-order valence-electron chi connectivity index (χ1n) is 35.0. The number of rotatable bonds is 35. The number of methoxy groups -OCH3 is 1. The average Bonchev–Trinajstić information content (AvgIpc) is 1.46. The minimum atomic E-state index is -0.939. The van der Waals surface area contributed by atoms with Crippen molar-refractivity contribution in [2.24, 2.45) is 41.4 Å². The fourth-order valence-electron chi connectivity index (χ4n) is 13.4. The number of amides is 4. The van der Waals surface area contributed by atoms with Crippen LogP contribution in [0.1, 0.15) is 220 Å². The predicted molar refractivity (Wildman–Crippen MR) is 381 cm³/mol. The van der Waals surface area contributed by atoms with E-state index >= 15 is 0 Å². The number of carbonyl (C=O) groups excluding carboxylic acids is 7. The molecule has 2 fully saturated rings. The third-order valence-corrected chi connectivity index (χ3v) is 21.8. The van der Waals surface area contributed by atoms with Crippen LogP contribution in [0.2, 0.25) is 0 Å². The number of aliphatic carboxylic acids is 1. The number of nitrogens with one attached hydrogen (secondary N) is 2. The lowest BCUT2D eigenvalue weighted by Crippen LogP contribution is -2.48. The van der Waals surface area contributed by atoms with Gasteiger partial charge in [-0.05, 0) is 121 Å². The maximum absolute atomic E-state index is 14.2. The van der Waals surface area contributed by atoms with Crippen molar-refractivity contribution in [2.45, 2.75) is 228 Å². The largest absolute Gasteiger partial charge is 0.481 e. The van der Waals surface area contributed by atoms with Gasteiger partial charge in [0, 0.05) is 101 Å². The highest BCUT2D eigenvalue weighted by Crippen LogP contribution is 2.35. The van der Waals surface area contributed by atoms with Gasteiger partial charge in [0.2, 0.25) is 11.8 Å². The summed E-state index contributed by atoms with van der Waals surface area (Å²) in [6.45, 7) is 25.2. The Labute approximate surface area is 581 Å². The molecule has 0 bridgehead atoms. The second-order valence-corrected chi connectivity index (χ2v) is 29.9. The van der Waals surface area contributed by atoms with Crippen molar-refractivity contribution in [3.8, 4) is 0 Å². The van der Waals surface area contributed by atoms with Gasteiger partial charge in [-0.15, -0.1) is 22.7 Å². The van der Waals surface area contributed by atoms with Crippen molar-refractivity contribution in [1.29, 1.82) is 0 Å². The second kappa shape index (κ2) is 39.4. The van der Waals surface area contributed by atoms with E-state index in [9.17, 15) is 43.5 Å². The number of nitrogens with zero attached hydrogens (tertiary/aromatic N) is 6. The summed E-state index contributed by atoms with van der Waals surface area (Å²) in [4.78, 5) is 123. The summed E-state index contributed by atoms with van der Waals surface area (Å²) < 4.78 is 11.7. The molecule has 0 radical (unpaired) electrons. The molecule has 4 aromatic rings. The molecule has 3 N–H and O–H groups in total. The van der Waals surface area contributed by atoms with Gasteiger partial charge in [0.1, 0.15) is 27.5 Å². The van der Waals surface area contributed by atoms with E-state index in [0.717, 1.165) is 82.0 Å². The van der Waals surface area contributed by atoms with Crippen LogP contribution in [-0.4, -0.2) is 166 Å². The van der Waals surface area contributed by atoms with Crippen molar-refractivity contribution in [1.82, 2.24) is 40.2 Å². The molecule has 4 amide bonds. The van der Waals surface area contributed by atoms with Crippen LogP contribution in [0.5, 0.6) is 0 Å². The van der Waals surface area contributed by atoms with Crippen LogP contribution in [0.15, 0.2) is 65.4 Å². The molecule has 2 aliphatic heterocycles. The standard InChI is InChI=1S/C40H60N4O7S.C35H54N4O4S/c1-10-26(5)31(21-35(46)33-13-11-12-18-43(33)8)39(48)44(9)34(24(2)3)22-36(51-28(7)45)38-42-32(23-52-38)37(47)41-30(19-27(6)40(49)50)20-29-16-14-25(4)15-17-29;1-9-24(4)27(20-31(40)29-17-13-14-18-38(29)6)35(42)39(7)30(23(2)3)21-32(43-8)34-37-28(22-44-34)33(41)36-25(5)19-26-15-11-10-12-16-26/h14-17,23-24,26-27,30-31,33-34,36H,10-13,18-22H2,1-9H3,(H,41,47)(H,49,50);10-12,15-16,22-25,27,29-30,32H,9,13-14,17-21H2,1-8H3,(H,36,41)/t26-,27?,30+,31-,33+,34+,36+;24-,25+,27-,29+,30+,32+/m00/s1. The lowest BCUT2D eigenvalue weighted by molar-refractivity contribution is -0.149. The highest BCUT2D eigenvalue weighted by molar-refractivity contribution is 7.10. The molecule has 0 saturated carbocycles. The maximum atomic E-state index is 14.2. The molecule has 2 aliphatic rings. The monoisotopic (exact) mass is 1370 g/mol. The van der Waals surface area contributed by atoms with E-state index < -0.39 is 41.8 Å². The van der Waals surface area contributed by atoms with Gasteiger partial charge in [0.25, 0.3) is 11.8 Å². The number of thiazole rings is 2. The number of ether oxygens (including phenoxy) is 2. The number of likely N-dealkylation sites (tertiary alicyclic amines) is 2. The number of aromatic nitrogens is 2. The number of benzene rings is 2. The second-order valence-electron chi connectivity index (χ2n) is 28.2. The number of Topliss-reactive ketones (excluding diaryl/α,β-unsaturated/α-hetero) is 2. The molecule has 4 heterocycles. The third-order valence-electron chi connectivity index (χ3n) is 20.0. The highest BCUT2D eigenvalue weighted by atomic mass is 32.1. The Kier molecular flexibility index (Phi) is 33.0. The first kappa shape index (κ1) is 80.4. The average molecular weight is 1370 g/mol. The van der Waals surface area contributed by atoms with Crippen LogP contribution < -0.4 is 10.6 Å². The first-order chi connectivity index (χ1) is 45.5. The van der Waals surface area contributed by atoms with Crippen LogP contribution in [0.4, 0.5) is 0 Å². The Hall–Kier alpha value is -6.26. The zero-order valence-electron chi connectivity index (χ0n) is 60.6. The quantitative estimate of drug-likeness (QED) is 0.0363. The Bertz CT molecular complexity index is 3120. The molecule has 96 heavy (non-hydrogen) atoms. The summed E-state index contributed by atoms with van der Waals surface area (Å²) in [6.07, 6.45) is 9.03. The molecule has 2 aromatic heterocycles. The molecule has 13 atom stereocenters. The fraction of sp³-hybridized carbons (Fsp3) is 0.653. The highest BCUT2D eigenvalue weighted by Gasteiger charge is 2.40. The normalized spacial score (nSPS) is 18.8. The van der Waals surface area contributed by atoms with Crippen LogP contribution in [0.25, 0.3) is 0 Å². The van der Waals surface area contributed by atoms with Crippen molar-refractivity contribution in [3.63, 3.8) is 0 Å².